The monoisotopic (exact) mass is 313 g/mol. The minimum atomic E-state index is -0.183. The van der Waals surface area contributed by atoms with Gasteiger partial charge in [-0.15, -0.1) is 0 Å². The third kappa shape index (κ3) is 117. The fraction of sp³-hybridized carbons (Fsp3) is 0. The molecule has 2 nitrogen and oxygen atoms in total. The van der Waals surface area contributed by atoms with Gasteiger partial charge in [-0.3, -0.25) is 4.79 Å². The quantitative estimate of drug-likeness (QED) is 0.542. The minimum Gasteiger partial charge on any atom is -0.372 e. The summed E-state index contributed by atoms with van der Waals surface area (Å²) >= 11 is 9.51. The highest BCUT2D eigenvalue weighted by Crippen LogP contribution is 2.59. The van der Waals surface area contributed by atoms with Gasteiger partial charge in [-0.05, 0) is 46.5 Å². The smallest absolute Gasteiger partial charge is 0.204 e. The molecule has 7 heavy (non-hydrogen) atoms. The van der Waals surface area contributed by atoms with Crippen molar-refractivity contribution in [2.75, 3.05) is 0 Å². The van der Waals surface area contributed by atoms with E-state index in [-0.39, 0.29) is 10.4 Å². The van der Waals surface area contributed by atoms with E-state index >= 15 is 0 Å². The van der Waals surface area contributed by atoms with Gasteiger partial charge in [-0.1, -0.05) is 0 Å². The van der Waals surface area contributed by atoms with Crippen LogP contribution in [0.25, 0.3) is 0 Å². The number of amides is 1. The number of primary amides is 1. The standard InChI is InChI=1S/CH3NO.Br3P/c2-1-3;1-4(2)3/h1H,(H2,2,3);. The Morgan fingerprint density at radius 2 is 1.43 bits per heavy atom. The molecular formula is CH3Br3NOP. The van der Waals surface area contributed by atoms with Gasteiger partial charge in [0.25, 0.3) is 0 Å². The molecule has 0 fully saturated rings. The second kappa shape index (κ2) is 10.3. The number of hydrogen-bond donors (Lipinski definition) is 1. The third-order valence-electron chi connectivity index (χ3n) is 0. The average Bonchev–Trinajstić information content (AvgIpc) is 1.33. The Bertz CT molecular complexity index is 39.2. The molecule has 0 saturated heterocycles. The van der Waals surface area contributed by atoms with Gasteiger partial charge >= 0.3 is 0 Å². The first kappa shape index (κ1) is 11.2. The molecule has 0 radical (unpaired) electrons. The highest BCUT2D eigenvalue weighted by atomic mass is 80.0. The largest absolute Gasteiger partial charge is 0.372 e. The highest BCUT2D eigenvalue weighted by molar-refractivity contribution is 9.93. The molecule has 0 aromatic heterocycles. The lowest BCUT2D eigenvalue weighted by molar-refractivity contribution is -0.106. The van der Waals surface area contributed by atoms with Crippen LogP contribution in [0.1, 0.15) is 0 Å². The van der Waals surface area contributed by atoms with Gasteiger partial charge in [0, 0.05) is 0 Å². The number of nitrogens with two attached hydrogens (primary N) is 1. The van der Waals surface area contributed by atoms with Crippen molar-refractivity contribution in [3.63, 3.8) is 0 Å². The molecule has 44 valence electrons. The van der Waals surface area contributed by atoms with Crippen LogP contribution >= 0.6 is 50.5 Å². The lowest BCUT2D eigenvalue weighted by atomic mass is 11.5. The van der Waals surface area contributed by atoms with E-state index in [4.69, 9.17) is 4.79 Å². The second-order valence-corrected chi connectivity index (χ2v) is 15.7. The van der Waals surface area contributed by atoms with Crippen LogP contribution in [-0.2, 0) is 4.79 Å². The van der Waals surface area contributed by atoms with Gasteiger partial charge in [0.05, 0.1) is 0 Å². The van der Waals surface area contributed by atoms with Crippen molar-refractivity contribution in [1.29, 1.82) is 0 Å². The molecule has 0 atom stereocenters. The molecule has 0 bridgehead atoms. The minimum absolute atomic E-state index is 0.183. The molecule has 0 saturated carbocycles. The number of halogens is 3. The first-order chi connectivity index (χ1) is 3.15. The van der Waals surface area contributed by atoms with Gasteiger partial charge in [-0.2, -0.15) is 0 Å². The van der Waals surface area contributed by atoms with Crippen molar-refractivity contribution >= 4 is 56.9 Å². The molecule has 0 unspecified atom stereocenters. The van der Waals surface area contributed by atoms with E-state index in [0.717, 1.165) is 0 Å². The van der Waals surface area contributed by atoms with Crippen molar-refractivity contribution in [2.45, 2.75) is 0 Å². The number of rotatable bonds is 0. The fourth-order valence-electron chi connectivity index (χ4n) is 0. The molecule has 0 aliphatic rings. The molecule has 2 N–H and O–H groups in total. The van der Waals surface area contributed by atoms with Gasteiger partial charge in [0.15, 0.2) is 0 Å². The lowest BCUT2D eigenvalue weighted by Crippen LogP contribution is -1.82. The van der Waals surface area contributed by atoms with E-state index in [0.29, 0.717) is 0 Å². The van der Waals surface area contributed by atoms with Crippen LogP contribution in [0.3, 0.4) is 0 Å². The Morgan fingerprint density at radius 3 is 1.43 bits per heavy atom. The fourth-order valence-corrected chi connectivity index (χ4v) is 0. The van der Waals surface area contributed by atoms with Crippen LogP contribution in [0.5, 0.6) is 0 Å². The van der Waals surface area contributed by atoms with Crippen LogP contribution in [-0.4, -0.2) is 6.41 Å². The maximum Gasteiger partial charge on any atom is 0.204 e. The molecule has 0 aromatic rings. The average molecular weight is 316 g/mol. The topological polar surface area (TPSA) is 43.1 Å². The summed E-state index contributed by atoms with van der Waals surface area (Å²) in [6, 6.07) is 0. The Hall–Kier alpha value is 1.34. The van der Waals surface area contributed by atoms with E-state index in [9.17, 15) is 0 Å². The molecule has 0 rings (SSSR count). The summed E-state index contributed by atoms with van der Waals surface area (Å²) in [4.78, 5) is 8.58. The Morgan fingerprint density at radius 1 is 1.43 bits per heavy atom. The summed E-state index contributed by atoms with van der Waals surface area (Å²) in [5.41, 5.74) is 4.17. The Kier molecular flexibility index (Phi) is 16.5. The first-order valence-corrected chi connectivity index (χ1v) is 8.47. The van der Waals surface area contributed by atoms with E-state index in [1.165, 1.54) is 0 Å². The van der Waals surface area contributed by atoms with Crippen molar-refractivity contribution < 1.29 is 4.79 Å². The van der Waals surface area contributed by atoms with Crippen molar-refractivity contribution in [1.82, 2.24) is 0 Å². The predicted octanol–water partition coefficient (Wildman–Crippen LogP) is 2.50. The summed E-state index contributed by atoms with van der Waals surface area (Å²) in [6.07, 6.45) is 0.250. The highest BCUT2D eigenvalue weighted by Gasteiger charge is 1.77. The Balaban J connectivity index is 0. The number of carbonyl (C=O) groups excluding carboxylic acids is 1. The maximum atomic E-state index is 8.58. The van der Waals surface area contributed by atoms with Crippen LogP contribution in [0.15, 0.2) is 0 Å². The lowest BCUT2D eigenvalue weighted by Gasteiger charge is -1.70. The van der Waals surface area contributed by atoms with E-state index in [1.54, 1.807) is 0 Å². The van der Waals surface area contributed by atoms with E-state index < -0.39 is 0 Å². The van der Waals surface area contributed by atoms with Crippen molar-refractivity contribution in [2.24, 2.45) is 5.73 Å². The van der Waals surface area contributed by atoms with Crippen LogP contribution in [0, 0.1) is 0 Å². The first-order valence-electron chi connectivity index (χ1n) is 1.08. The summed E-state index contributed by atoms with van der Waals surface area (Å²) in [7, 11) is 0. The molecule has 0 heterocycles. The van der Waals surface area contributed by atoms with Crippen LogP contribution in [0.2, 0.25) is 0 Å². The van der Waals surface area contributed by atoms with Gasteiger partial charge in [0.1, 0.15) is 4.03 Å². The molecule has 6 heteroatoms. The zero-order valence-electron chi connectivity index (χ0n) is 3.14. The molecular weight excluding hydrogens is 313 g/mol. The molecule has 1 amide bonds. The second-order valence-electron chi connectivity index (χ2n) is 0.328. The molecule has 0 spiro atoms. The third-order valence-corrected chi connectivity index (χ3v) is 0. The van der Waals surface area contributed by atoms with E-state index in [1.807, 2.05) is 0 Å². The van der Waals surface area contributed by atoms with Gasteiger partial charge in [0.2, 0.25) is 6.41 Å². The Labute approximate surface area is 67.2 Å². The number of carbonyl (C=O) groups is 1. The summed E-state index contributed by atoms with van der Waals surface area (Å²) in [5, 5.41) is 0. The van der Waals surface area contributed by atoms with Crippen molar-refractivity contribution in [3.05, 3.63) is 0 Å². The summed E-state index contributed by atoms with van der Waals surface area (Å²) < 4.78 is -0.183. The molecule has 0 aliphatic carbocycles. The van der Waals surface area contributed by atoms with Crippen LogP contribution in [0.4, 0.5) is 0 Å². The zero-order chi connectivity index (χ0) is 6.28. The van der Waals surface area contributed by atoms with E-state index in [2.05, 4.69) is 52.2 Å². The predicted molar refractivity (Wildman–Crippen MR) is 44.0 cm³/mol. The van der Waals surface area contributed by atoms with Gasteiger partial charge in [-0.25, -0.2) is 0 Å². The molecule has 0 aliphatic heterocycles. The summed E-state index contributed by atoms with van der Waals surface area (Å²) in [5.74, 6) is 0. The maximum absolute atomic E-state index is 8.58. The van der Waals surface area contributed by atoms with Crippen molar-refractivity contribution in [3.8, 4) is 0 Å². The summed E-state index contributed by atoms with van der Waals surface area (Å²) in [6.45, 7) is 0. The number of hydrogen-bond acceptors (Lipinski definition) is 1. The molecule has 0 aromatic carbocycles. The zero-order valence-corrected chi connectivity index (χ0v) is 8.80. The van der Waals surface area contributed by atoms with Crippen LogP contribution < -0.4 is 5.73 Å². The van der Waals surface area contributed by atoms with Gasteiger partial charge < -0.3 is 5.73 Å². The SMILES string of the molecule is BrP(Br)Br.NC=O. The normalized spacial score (nSPS) is 6.86.